The van der Waals surface area contributed by atoms with Gasteiger partial charge in [-0.25, -0.2) is 14.8 Å². The highest BCUT2D eigenvalue weighted by Gasteiger charge is 2.42. The van der Waals surface area contributed by atoms with E-state index in [1.54, 1.807) is 68.4 Å². The molecular weight excluding hydrogens is 462 g/mol. The van der Waals surface area contributed by atoms with E-state index in [0.29, 0.717) is 5.56 Å². The number of ether oxygens (including phenoxy) is 1. The molecular formula is C27H31N3O6. The summed E-state index contributed by atoms with van der Waals surface area (Å²) in [6.07, 6.45) is -0.673. The number of carbonyl (C=O) groups is 4. The maximum absolute atomic E-state index is 13.5. The Balaban J connectivity index is 2.15. The first-order chi connectivity index (χ1) is 17.1. The molecule has 2 atom stereocenters. The van der Waals surface area contributed by atoms with Crippen LogP contribution in [-0.4, -0.2) is 68.5 Å². The SMILES string of the molecule is CC(=O)N1C=C(c2ccccc2)N(N(C(C)=O)[C@@H](Cc2ccccc2)C(O)C(=O)OC(C)C)C(=O)C1. The molecule has 1 heterocycles. The number of nitrogens with zero attached hydrogens (tertiary/aromatic N) is 3. The molecule has 3 amide bonds. The first-order valence-corrected chi connectivity index (χ1v) is 11.7. The quantitative estimate of drug-likeness (QED) is 0.566. The molecule has 1 aliphatic heterocycles. The molecule has 0 bridgehead atoms. The second-order valence-corrected chi connectivity index (χ2v) is 8.78. The number of hydrazine groups is 1. The van der Waals surface area contributed by atoms with Gasteiger partial charge in [-0.3, -0.25) is 14.4 Å². The van der Waals surface area contributed by atoms with Crippen LogP contribution >= 0.6 is 0 Å². The monoisotopic (exact) mass is 493 g/mol. The van der Waals surface area contributed by atoms with Crippen molar-refractivity contribution in [3.8, 4) is 0 Å². The molecule has 190 valence electrons. The lowest BCUT2D eigenvalue weighted by molar-refractivity contribution is -0.176. The van der Waals surface area contributed by atoms with Gasteiger partial charge in [0, 0.05) is 25.6 Å². The summed E-state index contributed by atoms with van der Waals surface area (Å²) in [5.41, 5.74) is 1.57. The molecule has 0 fully saturated rings. The van der Waals surface area contributed by atoms with E-state index in [0.717, 1.165) is 15.6 Å². The van der Waals surface area contributed by atoms with Crippen LogP contribution in [0.3, 0.4) is 0 Å². The van der Waals surface area contributed by atoms with Gasteiger partial charge in [-0.2, -0.15) is 0 Å². The Labute approximate surface area is 210 Å². The average Bonchev–Trinajstić information content (AvgIpc) is 2.84. The summed E-state index contributed by atoms with van der Waals surface area (Å²) in [4.78, 5) is 52.8. The van der Waals surface area contributed by atoms with Crippen LogP contribution in [0.5, 0.6) is 0 Å². The Morgan fingerprint density at radius 2 is 1.58 bits per heavy atom. The van der Waals surface area contributed by atoms with Crippen LogP contribution in [0, 0.1) is 0 Å². The highest BCUT2D eigenvalue weighted by atomic mass is 16.6. The molecule has 36 heavy (non-hydrogen) atoms. The standard InChI is InChI=1S/C27H31N3O6/c1-18(2)36-27(35)26(34)23(15-21-11-7-5-8-12-21)29(20(4)32)30-24(22-13-9-6-10-14-22)16-28(19(3)31)17-25(30)33/h5-14,16,18,23,26,34H,15,17H2,1-4H3/t23-,26?/m0/s1. The first kappa shape index (κ1) is 26.6. The molecule has 0 saturated carbocycles. The van der Waals surface area contributed by atoms with Crippen molar-refractivity contribution < 1.29 is 29.0 Å². The van der Waals surface area contributed by atoms with E-state index >= 15 is 0 Å². The summed E-state index contributed by atoms with van der Waals surface area (Å²) < 4.78 is 5.24. The van der Waals surface area contributed by atoms with Crippen molar-refractivity contribution in [2.75, 3.05) is 6.54 Å². The smallest absolute Gasteiger partial charge is 0.337 e. The van der Waals surface area contributed by atoms with E-state index in [2.05, 4.69) is 0 Å². The number of esters is 1. The molecule has 9 heteroatoms. The Kier molecular flexibility index (Phi) is 8.60. The lowest BCUT2D eigenvalue weighted by Crippen LogP contribution is -2.61. The third-order valence-electron chi connectivity index (χ3n) is 5.62. The van der Waals surface area contributed by atoms with Crippen LogP contribution in [0.25, 0.3) is 5.70 Å². The minimum absolute atomic E-state index is 0.0665. The maximum atomic E-state index is 13.5. The Hall–Kier alpha value is -3.98. The zero-order chi connectivity index (χ0) is 26.4. The topological polar surface area (TPSA) is 107 Å². The summed E-state index contributed by atoms with van der Waals surface area (Å²) >= 11 is 0. The molecule has 3 rings (SSSR count). The van der Waals surface area contributed by atoms with E-state index in [1.807, 2.05) is 6.07 Å². The number of rotatable bonds is 8. The predicted molar refractivity (Wildman–Crippen MR) is 132 cm³/mol. The average molecular weight is 494 g/mol. The Morgan fingerprint density at radius 3 is 2.11 bits per heavy atom. The molecule has 1 unspecified atom stereocenters. The number of aliphatic hydroxyl groups excluding tert-OH is 1. The molecule has 9 nitrogen and oxygen atoms in total. The predicted octanol–water partition coefficient (Wildman–Crippen LogP) is 2.36. The van der Waals surface area contributed by atoms with Gasteiger partial charge in [0.1, 0.15) is 6.54 Å². The molecule has 0 saturated heterocycles. The number of amides is 3. The third kappa shape index (κ3) is 6.17. The fourth-order valence-corrected chi connectivity index (χ4v) is 4.01. The maximum Gasteiger partial charge on any atom is 0.337 e. The van der Waals surface area contributed by atoms with Gasteiger partial charge >= 0.3 is 5.97 Å². The van der Waals surface area contributed by atoms with Crippen LogP contribution in [0.15, 0.2) is 66.9 Å². The Bertz CT molecular complexity index is 1130. The van der Waals surface area contributed by atoms with Crippen molar-refractivity contribution in [3.05, 3.63) is 78.0 Å². The van der Waals surface area contributed by atoms with Crippen LogP contribution in [-0.2, 0) is 30.3 Å². The van der Waals surface area contributed by atoms with Gasteiger partial charge in [-0.15, -0.1) is 0 Å². The fourth-order valence-electron chi connectivity index (χ4n) is 4.01. The summed E-state index contributed by atoms with van der Waals surface area (Å²) in [7, 11) is 0. The molecule has 0 spiro atoms. The second-order valence-electron chi connectivity index (χ2n) is 8.78. The zero-order valence-corrected chi connectivity index (χ0v) is 20.8. The number of hydrogen-bond acceptors (Lipinski definition) is 6. The van der Waals surface area contributed by atoms with Gasteiger partial charge in [0.05, 0.1) is 17.8 Å². The molecule has 2 aromatic rings. The summed E-state index contributed by atoms with van der Waals surface area (Å²) in [5.74, 6) is -2.38. The zero-order valence-electron chi connectivity index (χ0n) is 20.8. The van der Waals surface area contributed by atoms with E-state index in [9.17, 15) is 24.3 Å². The lowest BCUT2D eigenvalue weighted by atomic mass is 10.00. The number of hydrogen-bond donors (Lipinski definition) is 1. The molecule has 2 aromatic carbocycles. The van der Waals surface area contributed by atoms with Gasteiger partial charge in [-0.05, 0) is 25.8 Å². The molecule has 1 aliphatic rings. The van der Waals surface area contributed by atoms with E-state index < -0.39 is 36.0 Å². The molecule has 0 radical (unpaired) electrons. The summed E-state index contributed by atoms with van der Waals surface area (Å²) in [6.45, 7) is 5.60. The van der Waals surface area contributed by atoms with Crippen LogP contribution in [0.2, 0.25) is 0 Å². The number of carbonyl (C=O) groups excluding carboxylic acids is 4. The van der Waals surface area contributed by atoms with Crippen molar-refractivity contribution in [3.63, 3.8) is 0 Å². The van der Waals surface area contributed by atoms with Crippen LogP contribution in [0.4, 0.5) is 0 Å². The van der Waals surface area contributed by atoms with Crippen LogP contribution in [0.1, 0.15) is 38.8 Å². The molecule has 0 aliphatic carbocycles. The minimum Gasteiger partial charge on any atom is -0.461 e. The lowest BCUT2D eigenvalue weighted by Gasteiger charge is -2.44. The van der Waals surface area contributed by atoms with Gasteiger partial charge in [0.25, 0.3) is 5.91 Å². The summed E-state index contributed by atoms with van der Waals surface area (Å²) in [5, 5.41) is 13.4. The van der Waals surface area contributed by atoms with Crippen molar-refractivity contribution >= 4 is 29.4 Å². The minimum atomic E-state index is -1.74. The third-order valence-corrected chi connectivity index (χ3v) is 5.62. The highest BCUT2D eigenvalue weighted by Crippen LogP contribution is 2.29. The fraction of sp³-hybridized carbons (Fsp3) is 0.333. The number of benzene rings is 2. The van der Waals surface area contributed by atoms with Crippen molar-refractivity contribution in [1.82, 2.24) is 14.9 Å². The van der Waals surface area contributed by atoms with E-state index in [-0.39, 0.29) is 24.6 Å². The van der Waals surface area contributed by atoms with Crippen molar-refractivity contribution in [2.45, 2.75) is 52.4 Å². The normalized spacial score (nSPS) is 15.3. The largest absolute Gasteiger partial charge is 0.461 e. The first-order valence-electron chi connectivity index (χ1n) is 11.7. The number of aliphatic hydroxyl groups is 1. The Morgan fingerprint density at radius 1 is 1.00 bits per heavy atom. The van der Waals surface area contributed by atoms with Gasteiger partial charge in [-0.1, -0.05) is 60.7 Å². The van der Waals surface area contributed by atoms with E-state index in [1.165, 1.54) is 24.9 Å². The molecule has 0 aromatic heterocycles. The summed E-state index contributed by atoms with van der Waals surface area (Å²) in [6, 6.07) is 16.7. The highest BCUT2D eigenvalue weighted by molar-refractivity contribution is 5.96. The molecule has 1 N–H and O–H groups in total. The van der Waals surface area contributed by atoms with E-state index in [4.69, 9.17) is 4.74 Å². The van der Waals surface area contributed by atoms with Crippen molar-refractivity contribution in [2.24, 2.45) is 0 Å². The van der Waals surface area contributed by atoms with Gasteiger partial charge in [0.2, 0.25) is 11.8 Å². The van der Waals surface area contributed by atoms with Gasteiger partial charge < -0.3 is 14.7 Å². The van der Waals surface area contributed by atoms with Crippen LogP contribution < -0.4 is 0 Å². The second kappa shape index (κ2) is 11.6. The van der Waals surface area contributed by atoms with Crippen molar-refractivity contribution in [1.29, 1.82) is 0 Å². The van der Waals surface area contributed by atoms with Gasteiger partial charge in [0.15, 0.2) is 6.10 Å².